The highest BCUT2D eigenvalue weighted by Gasteiger charge is 2.44. The van der Waals surface area contributed by atoms with Crippen LogP contribution in [0.25, 0.3) is 0 Å². The van der Waals surface area contributed by atoms with Crippen molar-refractivity contribution >= 4 is 5.82 Å². The summed E-state index contributed by atoms with van der Waals surface area (Å²) in [6.45, 7) is 7.19. The summed E-state index contributed by atoms with van der Waals surface area (Å²) in [4.78, 5) is 13.5. The highest BCUT2D eigenvalue weighted by atomic mass is 15.3. The topological polar surface area (TPSA) is 58.0 Å². The van der Waals surface area contributed by atoms with Gasteiger partial charge in [-0.3, -0.25) is 4.90 Å². The molecule has 1 aliphatic carbocycles. The summed E-state index contributed by atoms with van der Waals surface area (Å²) < 4.78 is 0. The van der Waals surface area contributed by atoms with Crippen molar-refractivity contribution in [2.75, 3.05) is 25.0 Å². The number of hydrogen-bond donors (Lipinski definition) is 0. The van der Waals surface area contributed by atoms with Crippen molar-refractivity contribution in [3.63, 3.8) is 0 Å². The molecule has 3 heterocycles. The van der Waals surface area contributed by atoms with Gasteiger partial charge in [-0.25, -0.2) is 9.97 Å². The van der Waals surface area contributed by atoms with E-state index in [4.69, 9.17) is 0 Å². The lowest BCUT2D eigenvalue weighted by Gasteiger charge is -2.30. The van der Waals surface area contributed by atoms with Crippen molar-refractivity contribution < 1.29 is 0 Å². The molecule has 0 N–H and O–H groups in total. The lowest BCUT2D eigenvalue weighted by Crippen LogP contribution is -2.38. The number of rotatable bonds is 4. The first-order valence-corrected chi connectivity index (χ1v) is 9.13. The second-order valence-electron chi connectivity index (χ2n) is 7.55. The maximum Gasteiger partial charge on any atom is 0.151 e. The van der Waals surface area contributed by atoms with Gasteiger partial charge in [0.1, 0.15) is 5.82 Å². The lowest BCUT2D eigenvalue weighted by atomic mass is 9.97. The minimum Gasteiger partial charge on any atom is -0.355 e. The van der Waals surface area contributed by atoms with Crippen molar-refractivity contribution in [1.29, 1.82) is 0 Å². The molecule has 1 saturated heterocycles. The Morgan fingerprint density at radius 2 is 1.88 bits per heavy atom. The predicted octanol–water partition coefficient (Wildman–Crippen LogP) is 2.23. The van der Waals surface area contributed by atoms with Crippen LogP contribution in [0.2, 0.25) is 0 Å². The summed E-state index contributed by atoms with van der Waals surface area (Å²) in [5.41, 5.74) is 2.17. The van der Waals surface area contributed by atoms with Crippen LogP contribution in [0, 0.1) is 25.7 Å². The zero-order chi connectivity index (χ0) is 17.4. The van der Waals surface area contributed by atoms with Crippen molar-refractivity contribution in [1.82, 2.24) is 25.1 Å². The van der Waals surface area contributed by atoms with Gasteiger partial charge in [0, 0.05) is 50.7 Å². The molecule has 2 aromatic heterocycles. The molecule has 6 heteroatoms. The Kier molecular flexibility index (Phi) is 4.37. The van der Waals surface area contributed by atoms with Gasteiger partial charge in [-0.1, -0.05) is 0 Å². The van der Waals surface area contributed by atoms with Gasteiger partial charge in [0.2, 0.25) is 0 Å². The van der Waals surface area contributed by atoms with Gasteiger partial charge in [-0.15, -0.1) is 5.10 Å². The molecule has 1 saturated carbocycles. The molecule has 0 radical (unpaired) electrons. The van der Waals surface area contributed by atoms with E-state index in [1.54, 1.807) is 0 Å². The predicted molar refractivity (Wildman–Crippen MR) is 97.2 cm³/mol. The van der Waals surface area contributed by atoms with Gasteiger partial charge in [0.15, 0.2) is 5.82 Å². The number of anilines is 1. The second kappa shape index (κ2) is 6.67. The van der Waals surface area contributed by atoms with E-state index < -0.39 is 0 Å². The van der Waals surface area contributed by atoms with Crippen LogP contribution in [0.5, 0.6) is 0 Å². The molecule has 0 amide bonds. The standard InChI is InChI=1S/C19H26N6/c1-13-4-7-19(23-22-13)24(3)18-6-5-16-11-25(12-17(16)18)10-15-8-20-14(2)21-9-15/h4,7-9,16-18H,5-6,10-12H2,1-3H3/t16-,17+,18-/m1/s1. The summed E-state index contributed by atoms with van der Waals surface area (Å²) in [7, 11) is 2.17. The molecule has 4 rings (SSSR count). The number of hydrogen-bond acceptors (Lipinski definition) is 6. The molecule has 0 aromatic carbocycles. The van der Waals surface area contributed by atoms with Crippen LogP contribution < -0.4 is 4.90 Å². The van der Waals surface area contributed by atoms with E-state index in [9.17, 15) is 0 Å². The Morgan fingerprint density at radius 1 is 1.08 bits per heavy atom. The Balaban J connectivity index is 1.42. The molecule has 1 aliphatic heterocycles. The summed E-state index contributed by atoms with van der Waals surface area (Å²) in [6.07, 6.45) is 6.48. The number of nitrogens with zero attached hydrogens (tertiary/aromatic N) is 6. The average molecular weight is 338 g/mol. The van der Waals surface area contributed by atoms with Crippen LogP contribution in [0.4, 0.5) is 5.82 Å². The molecule has 6 nitrogen and oxygen atoms in total. The smallest absolute Gasteiger partial charge is 0.151 e. The number of aryl methyl sites for hydroxylation is 2. The molecule has 0 unspecified atom stereocenters. The second-order valence-corrected chi connectivity index (χ2v) is 7.55. The van der Waals surface area contributed by atoms with E-state index in [0.717, 1.165) is 36.3 Å². The molecule has 0 bridgehead atoms. The third kappa shape index (κ3) is 3.35. The minimum atomic E-state index is 0.557. The Morgan fingerprint density at radius 3 is 2.60 bits per heavy atom. The number of aromatic nitrogens is 4. The molecule has 2 aromatic rings. The third-order valence-corrected chi connectivity index (χ3v) is 5.78. The molecular formula is C19H26N6. The van der Waals surface area contributed by atoms with Crippen molar-refractivity contribution in [3.8, 4) is 0 Å². The zero-order valence-electron chi connectivity index (χ0n) is 15.3. The van der Waals surface area contributed by atoms with Gasteiger partial charge >= 0.3 is 0 Å². The number of fused-ring (bicyclic) bond motifs is 1. The van der Waals surface area contributed by atoms with Crippen molar-refractivity contribution in [2.45, 2.75) is 39.3 Å². The monoisotopic (exact) mass is 338 g/mol. The molecule has 2 aliphatic rings. The van der Waals surface area contributed by atoms with E-state index in [0.29, 0.717) is 12.0 Å². The quantitative estimate of drug-likeness (QED) is 0.852. The summed E-state index contributed by atoms with van der Waals surface area (Å²) >= 11 is 0. The van der Waals surface area contributed by atoms with Crippen LogP contribution in [-0.4, -0.2) is 51.2 Å². The van der Waals surface area contributed by atoms with Crippen molar-refractivity contribution in [3.05, 3.63) is 41.6 Å². The summed E-state index contributed by atoms with van der Waals surface area (Å²) in [5.74, 6) is 3.32. The first-order chi connectivity index (χ1) is 12.1. The van der Waals surface area contributed by atoms with Gasteiger partial charge in [0.05, 0.1) is 5.69 Å². The molecule has 3 atom stereocenters. The zero-order valence-corrected chi connectivity index (χ0v) is 15.3. The minimum absolute atomic E-state index is 0.557. The summed E-state index contributed by atoms with van der Waals surface area (Å²) in [6, 6.07) is 4.69. The van der Waals surface area contributed by atoms with Crippen molar-refractivity contribution in [2.24, 2.45) is 11.8 Å². The maximum absolute atomic E-state index is 4.38. The van der Waals surface area contributed by atoms with Gasteiger partial charge < -0.3 is 4.90 Å². The lowest BCUT2D eigenvalue weighted by molar-refractivity contribution is 0.296. The fourth-order valence-electron chi connectivity index (χ4n) is 4.45. The van der Waals surface area contributed by atoms with Gasteiger partial charge in [-0.05, 0) is 50.7 Å². The largest absolute Gasteiger partial charge is 0.355 e. The van der Waals surface area contributed by atoms with Crippen LogP contribution in [0.1, 0.15) is 29.9 Å². The highest BCUT2D eigenvalue weighted by Crippen LogP contribution is 2.41. The summed E-state index contributed by atoms with van der Waals surface area (Å²) in [5, 5.41) is 8.60. The first-order valence-electron chi connectivity index (χ1n) is 9.13. The number of likely N-dealkylation sites (tertiary alicyclic amines) is 1. The Labute approximate surface area is 149 Å². The molecule has 25 heavy (non-hydrogen) atoms. The third-order valence-electron chi connectivity index (χ3n) is 5.78. The fourth-order valence-corrected chi connectivity index (χ4v) is 4.45. The first kappa shape index (κ1) is 16.4. The molecular weight excluding hydrogens is 312 g/mol. The highest BCUT2D eigenvalue weighted by molar-refractivity contribution is 5.38. The molecule has 2 fully saturated rings. The van der Waals surface area contributed by atoms with E-state index >= 15 is 0 Å². The SMILES string of the molecule is Cc1ccc(N(C)[C@@H]2CC[C@@H]3CN(Cc4cnc(C)nc4)C[C@@H]32)nn1. The maximum atomic E-state index is 4.38. The fraction of sp³-hybridized carbons (Fsp3) is 0.579. The Hall–Kier alpha value is -2.08. The van der Waals surface area contributed by atoms with E-state index in [2.05, 4.69) is 43.1 Å². The van der Waals surface area contributed by atoms with Crippen LogP contribution in [0.3, 0.4) is 0 Å². The van der Waals surface area contributed by atoms with Gasteiger partial charge in [0.25, 0.3) is 0 Å². The van der Waals surface area contributed by atoms with E-state index in [1.807, 2.05) is 32.3 Å². The normalized spacial score (nSPS) is 26.0. The van der Waals surface area contributed by atoms with Crippen LogP contribution >= 0.6 is 0 Å². The average Bonchev–Trinajstić information content (AvgIpc) is 3.17. The van der Waals surface area contributed by atoms with Crippen LogP contribution in [-0.2, 0) is 6.54 Å². The van der Waals surface area contributed by atoms with Crippen LogP contribution in [0.15, 0.2) is 24.5 Å². The molecule has 132 valence electrons. The van der Waals surface area contributed by atoms with E-state index in [-0.39, 0.29) is 0 Å². The molecule has 0 spiro atoms. The Bertz CT molecular complexity index is 714. The van der Waals surface area contributed by atoms with Gasteiger partial charge in [-0.2, -0.15) is 5.10 Å². The van der Waals surface area contributed by atoms with E-state index in [1.165, 1.54) is 24.9 Å².